The fraction of sp³-hybridized carbons (Fsp3) is 0.188. The maximum atomic E-state index is 12.9. The summed E-state index contributed by atoms with van der Waals surface area (Å²) in [5.41, 5.74) is 0.672. The van der Waals surface area contributed by atoms with E-state index in [-0.39, 0.29) is 28.8 Å². The van der Waals surface area contributed by atoms with E-state index in [2.05, 4.69) is 5.32 Å². The van der Waals surface area contributed by atoms with Crippen molar-refractivity contribution in [2.45, 2.75) is 6.54 Å². The Hall–Kier alpha value is -2.51. The Morgan fingerprint density at radius 1 is 1.29 bits per heavy atom. The second-order valence-electron chi connectivity index (χ2n) is 5.27. The topological polar surface area (TPSA) is 75.5 Å². The van der Waals surface area contributed by atoms with Gasteiger partial charge in [-0.1, -0.05) is 23.7 Å². The van der Waals surface area contributed by atoms with Crippen LogP contribution in [0.2, 0.25) is 5.02 Å². The van der Waals surface area contributed by atoms with Crippen LogP contribution in [0.3, 0.4) is 0 Å². The number of rotatable bonds is 6. The molecular formula is C16H15ClFN3O3. The van der Waals surface area contributed by atoms with Gasteiger partial charge in [-0.3, -0.25) is 19.8 Å². The summed E-state index contributed by atoms with van der Waals surface area (Å²) in [6, 6.07) is 9.99. The highest BCUT2D eigenvalue weighted by Gasteiger charge is 2.17. The summed E-state index contributed by atoms with van der Waals surface area (Å²) in [5, 5.41) is 13.7. The first kappa shape index (κ1) is 17.8. The number of carbonyl (C=O) groups is 1. The summed E-state index contributed by atoms with van der Waals surface area (Å²) in [7, 11) is 1.72. The average Bonchev–Trinajstić information content (AvgIpc) is 2.51. The van der Waals surface area contributed by atoms with Gasteiger partial charge in [-0.05, 0) is 36.9 Å². The highest BCUT2D eigenvalue weighted by atomic mass is 35.5. The van der Waals surface area contributed by atoms with Crippen LogP contribution >= 0.6 is 11.6 Å². The normalized spacial score (nSPS) is 10.7. The van der Waals surface area contributed by atoms with E-state index >= 15 is 0 Å². The fourth-order valence-electron chi connectivity index (χ4n) is 2.15. The molecule has 2 aromatic rings. The van der Waals surface area contributed by atoms with Crippen molar-refractivity contribution in [1.29, 1.82) is 0 Å². The second kappa shape index (κ2) is 7.85. The molecule has 0 bridgehead atoms. The van der Waals surface area contributed by atoms with E-state index in [1.165, 1.54) is 30.3 Å². The van der Waals surface area contributed by atoms with Crippen LogP contribution in [-0.2, 0) is 11.3 Å². The molecule has 0 aliphatic rings. The first-order valence-electron chi connectivity index (χ1n) is 7.02. The van der Waals surface area contributed by atoms with Crippen LogP contribution < -0.4 is 5.32 Å². The van der Waals surface area contributed by atoms with Gasteiger partial charge in [-0.15, -0.1) is 0 Å². The minimum Gasteiger partial charge on any atom is -0.319 e. The lowest BCUT2D eigenvalue weighted by Gasteiger charge is -2.16. The van der Waals surface area contributed by atoms with Crippen LogP contribution in [-0.4, -0.2) is 29.3 Å². The van der Waals surface area contributed by atoms with Crippen molar-refractivity contribution >= 4 is 28.9 Å². The monoisotopic (exact) mass is 351 g/mol. The molecule has 0 aliphatic carbocycles. The number of hydrogen-bond acceptors (Lipinski definition) is 4. The molecular weight excluding hydrogens is 337 g/mol. The molecule has 2 aromatic carbocycles. The lowest BCUT2D eigenvalue weighted by molar-refractivity contribution is -0.383. The number of carbonyl (C=O) groups excluding carboxylic acids is 1. The first-order chi connectivity index (χ1) is 11.3. The smallest absolute Gasteiger partial charge is 0.294 e. The van der Waals surface area contributed by atoms with Crippen molar-refractivity contribution in [2.75, 3.05) is 18.9 Å². The lowest BCUT2D eigenvalue weighted by Crippen LogP contribution is -2.30. The van der Waals surface area contributed by atoms with Gasteiger partial charge in [-0.2, -0.15) is 0 Å². The zero-order chi connectivity index (χ0) is 17.7. The molecule has 0 radical (unpaired) electrons. The van der Waals surface area contributed by atoms with Crippen molar-refractivity contribution in [3.05, 3.63) is 69.0 Å². The predicted octanol–water partition coefficient (Wildman–Crippen LogP) is 3.46. The quantitative estimate of drug-likeness (QED) is 0.638. The number of nitro groups is 1. The summed E-state index contributed by atoms with van der Waals surface area (Å²) in [4.78, 5) is 24.2. The summed E-state index contributed by atoms with van der Waals surface area (Å²) >= 11 is 5.73. The molecule has 6 nitrogen and oxygen atoms in total. The second-order valence-corrected chi connectivity index (χ2v) is 5.70. The van der Waals surface area contributed by atoms with Crippen molar-refractivity contribution < 1.29 is 14.1 Å². The summed E-state index contributed by atoms with van der Waals surface area (Å²) in [6.07, 6.45) is 0. The van der Waals surface area contributed by atoms with Crippen molar-refractivity contribution in [3.8, 4) is 0 Å². The van der Waals surface area contributed by atoms with Crippen LogP contribution in [0, 0.1) is 15.9 Å². The maximum Gasteiger partial charge on any atom is 0.294 e. The third-order valence-corrected chi connectivity index (χ3v) is 3.44. The van der Waals surface area contributed by atoms with Gasteiger partial charge in [0.05, 0.1) is 11.5 Å². The van der Waals surface area contributed by atoms with Gasteiger partial charge < -0.3 is 5.32 Å². The average molecular weight is 352 g/mol. The lowest BCUT2D eigenvalue weighted by atomic mass is 10.2. The number of nitro benzene ring substituents is 1. The van der Waals surface area contributed by atoms with Gasteiger partial charge in [0.1, 0.15) is 11.5 Å². The van der Waals surface area contributed by atoms with E-state index in [9.17, 15) is 19.3 Å². The van der Waals surface area contributed by atoms with E-state index in [0.29, 0.717) is 6.54 Å². The molecule has 0 fully saturated rings. The molecule has 0 heterocycles. The summed E-state index contributed by atoms with van der Waals surface area (Å²) < 4.78 is 12.9. The number of halogens is 2. The van der Waals surface area contributed by atoms with Gasteiger partial charge in [0.2, 0.25) is 5.91 Å². The van der Waals surface area contributed by atoms with E-state index in [4.69, 9.17) is 11.6 Å². The van der Waals surface area contributed by atoms with E-state index in [1.54, 1.807) is 24.1 Å². The maximum absolute atomic E-state index is 12.9. The Bertz CT molecular complexity index is 753. The van der Waals surface area contributed by atoms with Crippen molar-refractivity contribution in [2.24, 2.45) is 0 Å². The number of hydrogen-bond donors (Lipinski definition) is 1. The Morgan fingerprint density at radius 3 is 2.58 bits per heavy atom. The highest BCUT2D eigenvalue weighted by Crippen LogP contribution is 2.27. The minimum absolute atomic E-state index is 0.0250. The molecule has 0 unspecified atom stereocenters. The molecule has 0 aromatic heterocycles. The number of amides is 1. The largest absolute Gasteiger partial charge is 0.319 e. The summed E-state index contributed by atoms with van der Waals surface area (Å²) in [5.74, 6) is -0.723. The standard InChI is InChI=1S/C16H15ClFN3O3/c1-20(9-11-2-5-13(18)6-3-11)10-16(22)19-14-7-4-12(17)8-15(14)21(23)24/h2-8H,9-10H2,1H3,(H,19,22). The Kier molecular flexibility index (Phi) is 5.83. The number of nitrogens with zero attached hydrogens (tertiary/aromatic N) is 2. The molecule has 126 valence electrons. The third kappa shape index (κ3) is 5.00. The van der Waals surface area contributed by atoms with Gasteiger partial charge in [0, 0.05) is 17.6 Å². The van der Waals surface area contributed by atoms with Gasteiger partial charge in [0.25, 0.3) is 5.69 Å². The molecule has 0 saturated carbocycles. The van der Waals surface area contributed by atoms with Crippen LogP contribution in [0.25, 0.3) is 0 Å². The molecule has 0 atom stereocenters. The van der Waals surface area contributed by atoms with Crippen LogP contribution in [0.5, 0.6) is 0 Å². The molecule has 0 saturated heterocycles. The predicted molar refractivity (Wildman–Crippen MR) is 89.5 cm³/mol. The van der Waals surface area contributed by atoms with Crippen molar-refractivity contribution in [3.63, 3.8) is 0 Å². The number of benzene rings is 2. The van der Waals surface area contributed by atoms with Crippen LogP contribution in [0.4, 0.5) is 15.8 Å². The van der Waals surface area contributed by atoms with Gasteiger partial charge in [-0.25, -0.2) is 4.39 Å². The first-order valence-corrected chi connectivity index (χ1v) is 7.39. The highest BCUT2D eigenvalue weighted by molar-refractivity contribution is 6.31. The molecule has 0 spiro atoms. The zero-order valence-corrected chi connectivity index (χ0v) is 13.6. The number of anilines is 1. The van der Waals surface area contributed by atoms with Crippen LogP contribution in [0.1, 0.15) is 5.56 Å². The van der Waals surface area contributed by atoms with E-state index in [0.717, 1.165) is 5.56 Å². The Labute approximate surface area is 143 Å². The number of likely N-dealkylation sites (N-methyl/N-ethyl adjacent to an activating group) is 1. The Morgan fingerprint density at radius 2 is 1.96 bits per heavy atom. The molecule has 0 aliphatic heterocycles. The molecule has 8 heteroatoms. The SMILES string of the molecule is CN(CC(=O)Nc1ccc(Cl)cc1[N+](=O)[O-])Cc1ccc(F)cc1. The van der Waals surface area contributed by atoms with Gasteiger partial charge >= 0.3 is 0 Å². The molecule has 1 amide bonds. The van der Waals surface area contributed by atoms with Gasteiger partial charge in [0.15, 0.2) is 0 Å². The molecule has 2 rings (SSSR count). The number of nitrogens with one attached hydrogen (secondary N) is 1. The zero-order valence-electron chi connectivity index (χ0n) is 12.8. The third-order valence-electron chi connectivity index (χ3n) is 3.21. The minimum atomic E-state index is -0.607. The summed E-state index contributed by atoms with van der Waals surface area (Å²) in [6.45, 7) is 0.466. The molecule has 1 N–H and O–H groups in total. The molecule has 24 heavy (non-hydrogen) atoms. The Balaban J connectivity index is 1.98. The van der Waals surface area contributed by atoms with Crippen LogP contribution in [0.15, 0.2) is 42.5 Å². The van der Waals surface area contributed by atoms with E-state index in [1.807, 2.05) is 0 Å². The fourth-order valence-corrected chi connectivity index (χ4v) is 2.32. The van der Waals surface area contributed by atoms with Crippen molar-refractivity contribution in [1.82, 2.24) is 4.90 Å². The van der Waals surface area contributed by atoms with E-state index < -0.39 is 10.8 Å².